The van der Waals surface area contributed by atoms with Crippen molar-refractivity contribution < 1.29 is 13.6 Å². The lowest BCUT2D eigenvalue weighted by molar-refractivity contribution is 0.102. The van der Waals surface area contributed by atoms with Crippen molar-refractivity contribution in [2.75, 3.05) is 5.32 Å². The summed E-state index contributed by atoms with van der Waals surface area (Å²) in [5.74, 6) is -1.96. The lowest BCUT2D eigenvalue weighted by atomic mass is 10.2. The molecule has 23 heavy (non-hydrogen) atoms. The second-order valence-electron chi connectivity index (χ2n) is 5.43. The zero-order valence-electron chi connectivity index (χ0n) is 12.4. The Morgan fingerprint density at radius 3 is 2.87 bits per heavy atom. The molecule has 1 atom stereocenters. The highest BCUT2D eigenvalue weighted by Gasteiger charge is 2.31. The average molecular weight is 338 g/mol. The molecule has 1 aliphatic rings. The van der Waals surface area contributed by atoms with E-state index in [1.54, 1.807) is 23.0 Å². The zero-order chi connectivity index (χ0) is 16.4. The van der Waals surface area contributed by atoms with Gasteiger partial charge in [-0.05, 0) is 49.6 Å². The van der Waals surface area contributed by atoms with Gasteiger partial charge in [0, 0.05) is 12.3 Å². The molecule has 0 radical (unpaired) electrons. The van der Waals surface area contributed by atoms with Gasteiger partial charge in [0.1, 0.15) is 10.8 Å². The summed E-state index contributed by atoms with van der Waals surface area (Å²) in [4.78, 5) is 16.3. The number of rotatable bonds is 6. The Morgan fingerprint density at radius 1 is 1.39 bits per heavy atom. The second-order valence-corrected chi connectivity index (χ2v) is 6.41. The molecule has 0 saturated heterocycles. The topological polar surface area (TPSA) is 59.8 Å². The fourth-order valence-corrected chi connectivity index (χ4v) is 3.02. The molecule has 2 aromatic rings. The quantitative estimate of drug-likeness (QED) is 0.814. The van der Waals surface area contributed by atoms with Gasteiger partial charge >= 0.3 is 0 Å². The molecule has 0 aliphatic heterocycles. The summed E-state index contributed by atoms with van der Waals surface area (Å²) in [5.41, 5.74) is 0.129. The van der Waals surface area contributed by atoms with Gasteiger partial charge in [-0.3, -0.25) is 4.79 Å². The van der Waals surface area contributed by atoms with Crippen molar-refractivity contribution in [1.82, 2.24) is 14.8 Å². The highest BCUT2D eigenvalue weighted by atomic mass is 32.2. The number of alkyl halides is 2. The third-order valence-corrected chi connectivity index (χ3v) is 4.55. The fourth-order valence-electron chi connectivity index (χ4n) is 2.44. The number of amides is 1. The number of hydrogen-bond donors (Lipinski definition) is 1. The average Bonchev–Trinajstić information content (AvgIpc) is 3.26. The van der Waals surface area contributed by atoms with Crippen LogP contribution in [0.4, 0.5) is 14.6 Å². The fraction of sp³-hybridized carbons (Fsp3) is 0.400. The number of halogens is 2. The first-order valence-electron chi connectivity index (χ1n) is 7.31. The van der Waals surface area contributed by atoms with Gasteiger partial charge < -0.3 is 5.32 Å². The minimum atomic E-state index is -2.63. The predicted octanol–water partition coefficient (Wildman–Crippen LogP) is 3.82. The molecule has 122 valence electrons. The summed E-state index contributed by atoms with van der Waals surface area (Å²) in [6, 6.07) is 4.93. The molecule has 1 aliphatic carbocycles. The summed E-state index contributed by atoms with van der Waals surface area (Å²) in [6.07, 6.45) is 5.33. The summed E-state index contributed by atoms with van der Waals surface area (Å²) in [7, 11) is 0. The van der Waals surface area contributed by atoms with Crippen LogP contribution in [0.1, 0.15) is 36.2 Å². The standard InChI is InChI=1S/C15H16F2N4OS/c1-9(10-4-5-10)21-12(6-8-19-21)20-13(22)11-3-2-7-18-14(11)23-15(16)17/h2-3,6-10,15H,4-5H2,1H3,(H,20,22). The first-order chi connectivity index (χ1) is 11.1. The molecule has 1 N–H and O–H groups in total. The number of pyridine rings is 1. The molecule has 0 bridgehead atoms. The Morgan fingerprint density at radius 2 is 2.17 bits per heavy atom. The van der Waals surface area contributed by atoms with Crippen LogP contribution in [0.25, 0.3) is 0 Å². The van der Waals surface area contributed by atoms with Crippen molar-refractivity contribution in [1.29, 1.82) is 0 Å². The van der Waals surface area contributed by atoms with E-state index >= 15 is 0 Å². The van der Waals surface area contributed by atoms with E-state index in [1.807, 2.05) is 0 Å². The third-order valence-electron chi connectivity index (χ3n) is 3.82. The second kappa shape index (κ2) is 6.66. The Kier molecular flexibility index (Phi) is 4.61. The minimum Gasteiger partial charge on any atom is -0.307 e. The molecular weight excluding hydrogens is 322 g/mol. The Bertz CT molecular complexity index is 702. The van der Waals surface area contributed by atoms with E-state index in [1.165, 1.54) is 12.3 Å². The van der Waals surface area contributed by atoms with E-state index in [0.717, 1.165) is 12.8 Å². The third kappa shape index (κ3) is 3.69. The zero-order valence-corrected chi connectivity index (χ0v) is 13.3. The van der Waals surface area contributed by atoms with Crippen LogP contribution in [0.3, 0.4) is 0 Å². The van der Waals surface area contributed by atoms with Crippen molar-refractivity contribution in [3.63, 3.8) is 0 Å². The van der Waals surface area contributed by atoms with Gasteiger partial charge in [-0.2, -0.15) is 13.9 Å². The largest absolute Gasteiger partial charge is 0.307 e. The number of carbonyl (C=O) groups is 1. The molecule has 1 amide bonds. The summed E-state index contributed by atoms with van der Waals surface area (Å²) in [5, 5.41) is 7.02. The van der Waals surface area contributed by atoms with E-state index in [9.17, 15) is 13.6 Å². The van der Waals surface area contributed by atoms with Crippen LogP contribution < -0.4 is 5.32 Å². The van der Waals surface area contributed by atoms with E-state index in [4.69, 9.17) is 0 Å². The van der Waals surface area contributed by atoms with Gasteiger partial charge in [0.2, 0.25) is 0 Å². The number of aromatic nitrogens is 3. The SMILES string of the molecule is CC(C1CC1)n1nccc1NC(=O)c1cccnc1SC(F)F. The van der Waals surface area contributed by atoms with Gasteiger partial charge in [-0.1, -0.05) is 0 Å². The molecule has 2 aromatic heterocycles. The molecule has 0 spiro atoms. The summed E-state index contributed by atoms with van der Waals surface area (Å²) >= 11 is 0.264. The molecule has 5 nitrogen and oxygen atoms in total. The monoisotopic (exact) mass is 338 g/mol. The van der Waals surface area contributed by atoms with Crippen LogP contribution >= 0.6 is 11.8 Å². The van der Waals surface area contributed by atoms with Crippen LogP contribution in [0.15, 0.2) is 35.6 Å². The first kappa shape index (κ1) is 15.9. The van der Waals surface area contributed by atoms with E-state index < -0.39 is 11.7 Å². The van der Waals surface area contributed by atoms with Crippen molar-refractivity contribution in [2.45, 2.75) is 36.6 Å². The lowest BCUT2D eigenvalue weighted by Crippen LogP contribution is -2.19. The highest BCUT2D eigenvalue weighted by molar-refractivity contribution is 7.99. The van der Waals surface area contributed by atoms with Crippen molar-refractivity contribution in [3.8, 4) is 0 Å². The Hall–Kier alpha value is -1.96. The van der Waals surface area contributed by atoms with Gasteiger partial charge in [0.15, 0.2) is 0 Å². The Balaban J connectivity index is 1.79. The molecule has 2 heterocycles. The molecule has 1 saturated carbocycles. The van der Waals surface area contributed by atoms with Crippen LogP contribution in [0.5, 0.6) is 0 Å². The Labute approximate surface area is 136 Å². The number of hydrogen-bond acceptors (Lipinski definition) is 4. The molecule has 8 heteroatoms. The summed E-state index contributed by atoms with van der Waals surface area (Å²) in [6.45, 7) is 2.06. The van der Waals surface area contributed by atoms with Crippen molar-refractivity contribution >= 4 is 23.5 Å². The molecule has 1 fully saturated rings. The molecule has 1 unspecified atom stereocenters. The smallest absolute Gasteiger partial charge is 0.290 e. The van der Waals surface area contributed by atoms with Crippen molar-refractivity contribution in [3.05, 3.63) is 36.2 Å². The number of nitrogens with zero attached hydrogens (tertiary/aromatic N) is 3. The highest BCUT2D eigenvalue weighted by Crippen LogP contribution is 2.40. The maximum absolute atomic E-state index is 12.6. The van der Waals surface area contributed by atoms with Gasteiger partial charge in [0.25, 0.3) is 11.7 Å². The van der Waals surface area contributed by atoms with Crippen LogP contribution in [0, 0.1) is 5.92 Å². The number of nitrogens with one attached hydrogen (secondary N) is 1. The van der Waals surface area contributed by atoms with Crippen LogP contribution in [-0.2, 0) is 0 Å². The maximum Gasteiger partial charge on any atom is 0.290 e. The van der Waals surface area contributed by atoms with E-state index in [-0.39, 0.29) is 28.4 Å². The van der Waals surface area contributed by atoms with E-state index in [0.29, 0.717) is 11.7 Å². The number of anilines is 1. The predicted molar refractivity (Wildman–Crippen MR) is 83.7 cm³/mol. The maximum atomic E-state index is 12.6. The van der Waals surface area contributed by atoms with Crippen LogP contribution in [0.2, 0.25) is 0 Å². The normalized spacial score (nSPS) is 15.7. The van der Waals surface area contributed by atoms with Crippen molar-refractivity contribution in [2.24, 2.45) is 5.92 Å². The van der Waals surface area contributed by atoms with Gasteiger partial charge in [-0.25, -0.2) is 9.67 Å². The van der Waals surface area contributed by atoms with Gasteiger partial charge in [0.05, 0.1) is 17.8 Å². The molecule has 3 rings (SSSR count). The minimum absolute atomic E-state index is 0.0151. The van der Waals surface area contributed by atoms with E-state index in [2.05, 4.69) is 22.3 Å². The molecule has 0 aromatic carbocycles. The number of carbonyl (C=O) groups excluding carboxylic acids is 1. The van der Waals surface area contributed by atoms with Gasteiger partial charge in [-0.15, -0.1) is 0 Å². The summed E-state index contributed by atoms with van der Waals surface area (Å²) < 4.78 is 26.9. The lowest BCUT2D eigenvalue weighted by Gasteiger charge is -2.15. The van der Waals surface area contributed by atoms with Crippen LogP contribution in [-0.4, -0.2) is 26.4 Å². The number of thioether (sulfide) groups is 1. The first-order valence-corrected chi connectivity index (χ1v) is 8.19. The molecular formula is C15H16F2N4OS.